The summed E-state index contributed by atoms with van der Waals surface area (Å²) in [6, 6.07) is 18.7. The van der Waals surface area contributed by atoms with Gasteiger partial charge < -0.3 is 14.6 Å². The molecule has 0 amide bonds. The van der Waals surface area contributed by atoms with Gasteiger partial charge in [-0.2, -0.15) is 0 Å². The maximum absolute atomic E-state index is 12.1. The van der Waals surface area contributed by atoms with Gasteiger partial charge in [-0.05, 0) is 47.5 Å². The molecule has 146 valence electrons. The molecular weight excluding hydrogens is 366 g/mol. The molecular formula is C24H21NO4. The Hall–Kier alpha value is -3.60. The number of ether oxygens (including phenoxy) is 2. The number of pyridine rings is 1. The predicted octanol–water partition coefficient (Wildman–Crippen LogP) is 5.55. The SMILES string of the molecule is CCCOc1ccc(-c2cc(C(=O)O)c3c(ccc4ccccc43)n2)cc1OC. The van der Waals surface area contributed by atoms with Gasteiger partial charge in [0, 0.05) is 10.9 Å². The van der Waals surface area contributed by atoms with E-state index in [1.807, 2.05) is 61.5 Å². The summed E-state index contributed by atoms with van der Waals surface area (Å²) in [7, 11) is 1.58. The first kappa shape index (κ1) is 18.7. The molecule has 4 aromatic rings. The van der Waals surface area contributed by atoms with Crippen LogP contribution in [0.5, 0.6) is 11.5 Å². The van der Waals surface area contributed by atoms with E-state index in [9.17, 15) is 9.90 Å². The molecule has 0 saturated heterocycles. The highest BCUT2D eigenvalue weighted by Gasteiger charge is 2.16. The van der Waals surface area contributed by atoms with E-state index < -0.39 is 5.97 Å². The number of rotatable bonds is 6. The highest BCUT2D eigenvalue weighted by Crippen LogP contribution is 2.35. The van der Waals surface area contributed by atoms with E-state index in [1.54, 1.807) is 13.2 Å². The Labute approximate surface area is 168 Å². The van der Waals surface area contributed by atoms with Crippen molar-refractivity contribution in [2.45, 2.75) is 13.3 Å². The largest absolute Gasteiger partial charge is 0.493 e. The van der Waals surface area contributed by atoms with Crippen LogP contribution in [0.1, 0.15) is 23.7 Å². The number of aromatic nitrogens is 1. The number of aromatic carboxylic acids is 1. The quantitative estimate of drug-likeness (QED) is 0.439. The van der Waals surface area contributed by atoms with E-state index in [-0.39, 0.29) is 5.56 Å². The normalized spacial score (nSPS) is 11.0. The van der Waals surface area contributed by atoms with E-state index in [0.717, 1.165) is 22.8 Å². The standard InChI is InChI=1S/C24H21NO4/c1-3-12-29-21-11-9-16(13-22(21)28-2)20-14-18(24(26)27)23-17-7-5-4-6-15(17)8-10-19(23)25-20/h4-11,13-14H,3,12H2,1-2H3,(H,26,27). The molecule has 1 aromatic heterocycles. The summed E-state index contributed by atoms with van der Waals surface area (Å²) >= 11 is 0. The van der Waals surface area contributed by atoms with E-state index in [2.05, 4.69) is 0 Å². The molecule has 4 rings (SSSR count). The summed E-state index contributed by atoms with van der Waals surface area (Å²) in [6.45, 7) is 2.64. The molecule has 1 heterocycles. The summed E-state index contributed by atoms with van der Waals surface area (Å²) in [5, 5.41) is 12.4. The first-order valence-electron chi connectivity index (χ1n) is 9.49. The number of nitrogens with zero attached hydrogens (tertiary/aromatic N) is 1. The molecule has 0 fully saturated rings. The van der Waals surface area contributed by atoms with Gasteiger partial charge in [0.25, 0.3) is 0 Å². The van der Waals surface area contributed by atoms with Crippen molar-refractivity contribution in [2.24, 2.45) is 0 Å². The third-order valence-corrected chi connectivity index (χ3v) is 4.85. The Morgan fingerprint density at radius 2 is 1.86 bits per heavy atom. The molecule has 0 unspecified atom stereocenters. The first-order chi connectivity index (χ1) is 14.1. The van der Waals surface area contributed by atoms with Gasteiger partial charge in [0.15, 0.2) is 11.5 Å². The molecule has 5 nitrogen and oxygen atoms in total. The smallest absolute Gasteiger partial charge is 0.336 e. The van der Waals surface area contributed by atoms with Crippen LogP contribution in [0.2, 0.25) is 0 Å². The zero-order valence-corrected chi connectivity index (χ0v) is 16.3. The number of hydrogen-bond donors (Lipinski definition) is 1. The minimum absolute atomic E-state index is 0.229. The van der Waals surface area contributed by atoms with Crippen molar-refractivity contribution in [1.29, 1.82) is 0 Å². The van der Waals surface area contributed by atoms with E-state index in [4.69, 9.17) is 14.5 Å². The highest BCUT2D eigenvalue weighted by atomic mass is 16.5. The van der Waals surface area contributed by atoms with Gasteiger partial charge in [-0.25, -0.2) is 9.78 Å². The molecule has 0 aliphatic heterocycles. The third-order valence-electron chi connectivity index (χ3n) is 4.85. The van der Waals surface area contributed by atoms with Crippen molar-refractivity contribution in [1.82, 2.24) is 4.98 Å². The van der Waals surface area contributed by atoms with Gasteiger partial charge in [0.2, 0.25) is 0 Å². The molecule has 0 saturated carbocycles. The maximum Gasteiger partial charge on any atom is 0.336 e. The Morgan fingerprint density at radius 3 is 2.62 bits per heavy atom. The molecule has 0 bridgehead atoms. The van der Waals surface area contributed by atoms with Gasteiger partial charge in [-0.15, -0.1) is 0 Å². The van der Waals surface area contributed by atoms with Crippen LogP contribution in [0.25, 0.3) is 32.9 Å². The number of carbonyl (C=O) groups is 1. The molecule has 0 aliphatic rings. The topological polar surface area (TPSA) is 68.7 Å². The zero-order valence-electron chi connectivity index (χ0n) is 16.3. The lowest BCUT2D eigenvalue weighted by Crippen LogP contribution is -2.01. The number of benzene rings is 3. The van der Waals surface area contributed by atoms with E-state index >= 15 is 0 Å². The Morgan fingerprint density at radius 1 is 1.03 bits per heavy atom. The second-order valence-corrected chi connectivity index (χ2v) is 6.76. The van der Waals surface area contributed by atoms with Crippen molar-refractivity contribution in [3.05, 3.63) is 66.2 Å². The average molecular weight is 387 g/mol. The number of fused-ring (bicyclic) bond motifs is 3. The maximum atomic E-state index is 12.1. The Bertz CT molecular complexity index is 1220. The Balaban J connectivity index is 1.91. The minimum atomic E-state index is -0.982. The number of methoxy groups -OCH3 is 1. The van der Waals surface area contributed by atoms with Crippen LogP contribution in [0.4, 0.5) is 0 Å². The van der Waals surface area contributed by atoms with Crippen LogP contribution >= 0.6 is 0 Å². The average Bonchev–Trinajstić information content (AvgIpc) is 2.76. The molecule has 0 aliphatic carbocycles. The molecule has 3 aromatic carbocycles. The van der Waals surface area contributed by atoms with Crippen molar-refractivity contribution in [3.8, 4) is 22.8 Å². The number of carboxylic acids is 1. The fourth-order valence-corrected chi connectivity index (χ4v) is 3.48. The summed E-state index contributed by atoms with van der Waals surface area (Å²) in [4.78, 5) is 16.8. The summed E-state index contributed by atoms with van der Waals surface area (Å²) in [5.74, 6) is 0.265. The summed E-state index contributed by atoms with van der Waals surface area (Å²) in [5.41, 5.74) is 2.21. The van der Waals surface area contributed by atoms with Crippen LogP contribution in [-0.4, -0.2) is 29.8 Å². The fourth-order valence-electron chi connectivity index (χ4n) is 3.48. The van der Waals surface area contributed by atoms with Crippen LogP contribution in [-0.2, 0) is 0 Å². The van der Waals surface area contributed by atoms with E-state index in [0.29, 0.717) is 34.7 Å². The van der Waals surface area contributed by atoms with Gasteiger partial charge >= 0.3 is 5.97 Å². The second-order valence-electron chi connectivity index (χ2n) is 6.76. The van der Waals surface area contributed by atoms with Crippen molar-refractivity contribution in [2.75, 3.05) is 13.7 Å². The minimum Gasteiger partial charge on any atom is -0.493 e. The van der Waals surface area contributed by atoms with Crippen LogP contribution in [0.3, 0.4) is 0 Å². The monoisotopic (exact) mass is 387 g/mol. The lowest BCUT2D eigenvalue weighted by molar-refractivity contribution is 0.0699. The zero-order chi connectivity index (χ0) is 20.4. The third kappa shape index (κ3) is 3.47. The molecule has 0 radical (unpaired) electrons. The van der Waals surface area contributed by atoms with Gasteiger partial charge in [0.05, 0.1) is 30.5 Å². The molecule has 0 spiro atoms. The van der Waals surface area contributed by atoms with Crippen molar-refractivity contribution < 1.29 is 19.4 Å². The van der Waals surface area contributed by atoms with Crippen LogP contribution in [0.15, 0.2) is 60.7 Å². The van der Waals surface area contributed by atoms with Crippen molar-refractivity contribution in [3.63, 3.8) is 0 Å². The van der Waals surface area contributed by atoms with Gasteiger partial charge in [0.1, 0.15) is 0 Å². The number of hydrogen-bond acceptors (Lipinski definition) is 4. The summed E-state index contributed by atoms with van der Waals surface area (Å²) < 4.78 is 11.2. The van der Waals surface area contributed by atoms with Crippen LogP contribution in [0, 0.1) is 0 Å². The predicted molar refractivity (Wildman–Crippen MR) is 114 cm³/mol. The number of carboxylic acid groups (broad SMARTS) is 1. The van der Waals surface area contributed by atoms with E-state index in [1.165, 1.54) is 0 Å². The molecule has 1 N–H and O–H groups in total. The van der Waals surface area contributed by atoms with Crippen LogP contribution < -0.4 is 9.47 Å². The van der Waals surface area contributed by atoms with Crippen molar-refractivity contribution >= 4 is 27.6 Å². The molecule has 29 heavy (non-hydrogen) atoms. The lowest BCUT2D eigenvalue weighted by Gasteiger charge is -2.13. The lowest BCUT2D eigenvalue weighted by atomic mass is 9.98. The molecule has 5 heteroatoms. The highest BCUT2D eigenvalue weighted by molar-refractivity contribution is 6.15. The molecule has 0 atom stereocenters. The Kier molecular flexibility index (Phi) is 5.04. The van der Waals surface area contributed by atoms with Gasteiger partial charge in [-0.3, -0.25) is 0 Å². The second kappa shape index (κ2) is 7.80. The fraction of sp³-hybridized carbons (Fsp3) is 0.167. The first-order valence-corrected chi connectivity index (χ1v) is 9.49. The summed E-state index contributed by atoms with van der Waals surface area (Å²) in [6.07, 6.45) is 0.896. The van der Waals surface area contributed by atoms with Gasteiger partial charge in [-0.1, -0.05) is 37.3 Å².